The van der Waals surface area contributed by atoms with Crippen molar-refractivity contribution in [3.8, 4) is 0 Å². The van der Waals surface area contributed by atoms with Crippen molar-refractivity contribution in [3.63, 3.8) is 0 Å². The maximum atomic E-state index is 11.3. The Kier molecular flexibility index (Phi) is 8.05. The van der Waals surface area contributed by atoms with Crippen LogP contribution in [0.15, 0.2) is 24.3 Å². The van der Waals surface area contributed by atoms with E-state index in [0.29, 0.717) is 11.3 Å². The fraction of sp³-hybridized carbons (Fsp3) is 0.389. The Labute approximate surface area is 167 Å². The molecule has 0 atom stereocenters. The highest BCUT2D eigenvalue weighted by molar-refractivity contribution is 7.13. The Morgan fingerprint density at radius 2 is 1.86 bits per heavy atom. The van der Waals surface area contributed by atoms with Gasteiger partial charge in [-0.1, -0.05) is 44.2 Å². The Balaban J connectivity index is 0.000000292. The van der Waals surface area contributed by atoms with Crippen LogP contribution in [-0.2, 0) is 16.6 Å². The molecule has 152 valence electrons. The lowest BCUT2D eigenvalue weighted by Gasteiger charge is -2.12. The van der Waals surface area contributed by atoms with E-state index in [1.54, 1.807) is 38.4 Å². The summed E-state index contributed by atoms with van der Waals surface area (Å²) in [6.07, 6.45) is -0.0499. The number of rotatable bonds is 4. The molecule has 0 unspecified atom stereocenters. The second-order valence-electron chi connectivity index (χ2n) is 7.12. The van der Waals surface area contributed by atoms with Crippen LogP contribution in [0.3, 0.4) is 0 Å². The summed E-state index contributed by atoms with van der Waals surface area (Å²) in [6, 6.07) is 6.54. The molecule has 28 heavy (non-hydrogen) atoms. The largest absolute Gasteiger partial charge is 0.481 e. The number of carbonyl (C=O) groups excluding carboxylic acids is 2. The highest BCUT2D eigenvalue weighted by Crippen LogP contribution is 2.24. The quantitative estimate of drug-likeness (QED) is 0.711. The molecule has 9 nitrogen and oxygen atoms in total. The van der Waals surface area contributed by atoms with Crippen molar-refractivity contribution < 1.29 is 19.5 Å². The van der Waals surface area contributed by atoms with Crippen molar-refractivity contribution >= 4 is 34.9 Å². The van der Waals surface area contributed by atoms with Gasteiger partial charge >= 0.3 is 12.0 Å². The minimum Gasteiger partial charge on any atom is -0.481 e. The molecule has 0 spiro atoms. The topological polar surface area (TPSA) is 139 Å². The predicted octanol–water partition coefficient (Wildman–Crippen LogP) is 2.34. The zero-order chi connectivity index (χ0) is 21.5. The van der Waals surface area contributed by atoms with E-state index in [1.165, 1.54) is 16.2 Å². The van der Waals surface area contributed by atoms with E-state index in [1.807, 2.05) is 20.8 Å². The number of nitrogens with zero attached hydrogens (tertiary/aromatic N) is 3. The lowest BCUT2D eigenvalue weighted by atomic mass is 9.98. The van der Waals surface area contributed by atoms with Crippen molar-refractivity contribution in [3.05, 3.63) is 39.8 Å². The van der Waals surface area contributed by atoms with Gasteiger partial charge in [0.25, 0.3) is 5.91 Å². The Morgan fingerprint density at radius 1 is 1.21 bits per heavy atom. The van der Waals surface area contributed by atoms with Crippen molar-refractivity contribution in [2.45, 2.75) is 32.6 Å². The van der Waals surface area contributed by atoms with E-state index in [0.717, 1.165) is 5.01 Å². The number of primary amides is 1. The minimum absolute atomic E-state index is 0.0499. The molecule has 0 fully saturated rings. The number of nitrogens with one attached hydrogen (secondary N) is 1. The molecule has 0 saturated carbocycles. The SMILES string of the molecule is CC(C)(C)c1nnc(C(N)=O)s1.CN(C)C(=O)Nc1cccc(CC(=O)O)c1. The van der Waals surface area contributed by atoms with Gasteiger partial charge in [-0.05, 0) is 17.7 Å². The number of amides is 3. The maximum absolute atomic E-state index is 11.3. The maximum Gasteiger partial charge on any atom is 0.321 e. The van der Waals surface area contributed by atoms with E-state index in [9.17, 15) is 14.4 Å². The molecule has 1 aromatic carbocycles. The average molecular weight is 407 g/mol. The van der Waals surface area contributed by atoms with Crippen LogP contribution in [0.2, 0.25) is 0 Å². The van der Waals surface area contributed by atoms with Gasteiger partial charge in [0.1, 0.15) is 5.01 Å². The summed E-state index contributed by atoms with van der Waals surface area (Å²) in [7, 11) is 3.27. The number of nitrogens with two attached hydrogens (primary N) is 1. The molecular weight excluding hydrogens is 382 g/mol. The van der Waals surface area contributed by atoms with Crippen LogP contribution < -0.4 is 11.1 Å². The second kappa shape index (κ2) is 9.79. The smallest absolute Gasteiger partial charge is 0.321 e. The van der Waals surface area contributed by atoms with Crippen molar-refractivity contribution in [2.24, 2.45) is 5.73 Å². The normalized spacial score (nSPS) is 10.5. The Morgan fingerprint density at radius 3 is 2.29 bits per heavy atom. The molecule has 4 N–H and O–H groups in total. The first-order valence-electron chi connectivity index (χ1n) is 8.33. The van der Waals surface area contributed by atoms with Crippen molar-refractivity contribution in [1.29, 1.82) is 0 Å². The third-order valence-corrected chi connectivity index (χ3v) is 4.58. The Hall–Kier alpha value is -3.01. The molecule has 2 aromatic rings. The van der Waals surface area contributed by atoms with Gasteiger partial charge in [-0.15, -0.1) is 10.2 Å². The monoisotopic (exact) mass is 407 g/mol. The van der Waals surface area contributed by atoms with Gasteiger partial charge < -0.3 is 21.1 Å². The van der Waals surface area contributed by atoms with Crippen LogP contribution in [0.5, 0.6) is 0 Å². The molecule has 0 aliphatic carbocycles. The zero-order valence-electron chi connectivity index (χ0n) is 16.5. The summed E-state index contributed by atoms with van der Waals surface area (Å²) >= 11 is 1.25. The van der Waals surface area contributed by atoms with Gasteiger partial charge in [0.15, 0.2) is 0 Å². The number of hydrogen-bond donors (Lipinski definition) is 3. The molecular formula is C18H25N5O4S. The molecule has 1 heterocycles. The standard InChI is InChI=1S/C11H14N2O3.C7H11N3OS/c1-13(2)11(16)12-9-5-3-4-8(6-9)7-10(14)15;1-7(2,3)6-10-9-5(12-6)4(8)11/h3-6H,7H2,1-2H3,(H,12,16)(H,14,15);1-3H3,(H2,8,11). The first-order chi connectivity index (χ1) is 12.9. The fourth-order valence-corrected chi connectivity index (χ4v) is 2.55. The highest BCUT2D eigenvalue weighted by Gasteiger charge is 2.20. The Bertz CT molecular complexity index is 842. The highest BCUT2D eigenvalue weighted by atomic mass is 32.1. The van der Waals surface area contributed by atoms with Gasteiger partial charge in [-0.3, -0.25) is 9.59 Å². The third-order valence-electron chi connectivity index (χ3n) is 3.22. The number of urea groups is 1. The van der Waals surface area contributed by atoms with Gasteiger partial charge in [-0.25, -0.2) is 4.79 Å². The lowest BCUT2D eigenvalue weighted by molar-refractivity contribution is -0.136. The van der Waals surface area contributed by atoms with E-state index in [-0.39, 0.29) is 22.9 Å². The van der Waals surface area contributed by atoms with Crippen LogP contribution in [0.1, 0.15) is 41.1 Å². The molecule has 0 aliphatic rings. The van der Waals surface area contributed by atoms with Crippen LogP contribution in [0.25, 0.3) is 0 Å². The summed E-state index contributed by atoms with van der Waals surface area (Å²) in [5.41, 5.74) is 6.23. The van der Waals surface area contributed by atoms with Crippen LogP contribution in [0, 0.1) is 0 Å². The molecule has 10 heteroatoms. The summed E-state index contributed by atoms with van der Waals surface area (Å²) < 4.78 is 0. The number of anilines is 1. The first-order valence-corrected chi connectivity index (χ1v) is 9.14. The van der Waals surface area contributed by atoms with E-state index in [4.69, 9.17) is 10.8 Å². The lowest BCUT2D eigenvalue weighted by Crippen LogP contribution is -2.27. The van der Waals surface area contributed by atoms with Gasteiger partial charge in [-0.2, -0.15) is 0 Å². The molecule has 2 rings (SSSR count). The minimum atomic E-state index is -0.893. The van der Waals surface area contributed by atoms with Gasteiger partial charge in [0.05, 0.1) is 6.42 Å². The molecule has 3 amide bonds. The molecule has 0 bridgehead atoms. The van der Waals surface area contributed by atoms with E-state index >= 15 is 0 Å². The van der Waals surface area contributed by atoms with E-state index in [2.05, 4.69) is 15.5 Å². The van der Waals surface area contributed by atoms with Crippen LogP contribution >= 0.6 is 11.3 Å². The second-order valence-corrected chi connectivity index (χ2v) is 8.10. The third kappa shape index (κ3) is 7.70. The van der Waals surface area contributed by atoms with E-state index < -0.39 is 11.9 Å². The number of carboxylic acid groups (broad SMARTS) is 1. The zero-order valence-corrected chi connectivity index (χ0v) is 17.3. The summed E-state index contributed by atoms with van der Waals surface area (Å²) in [4.78, 5) is 33.9. The molecule has 0 aliphatic heterocycles. The average Bonchev–Trinajstić information content (AvgIpc) is 3.05. The number of hydrogen-bond acceptors (Lipinski definition) is 6. The molecule has 0 saturated heterocycles. The van der Waals surface area contributed by atoms with Crippen LogP contribution in [-0.4, -0.2) is 52.2 Å². The van der Waals surface area contributed by atoms with Gasteiger partial charge in [0.2, 0.25) is 5.01 Å². The summed E-state index contributed by atoms with van der Waals surface area (Å²) in [6.45, 7) is 6.04. The number of aromatic nitrogens is 2. The number of benzene rings is 1. The first kappa shape index (κ1) is 23.0. The fourth-order valence-electron chi connectivity index (χ4n) is 1.79. The van der Waals surface area contributed by atoms with Gasteiger partial charge in [0, 0.05) is 25.2 Å². The predicted molar refractivity (Wildman–Crippen MR) is 108 cm³/mol. The summed E-state index contributed by atoms with van der Waals surface area (Å²) in [5.74, 6) is -1.40. The number of aliphatic carboxylic acids is 1. The number of carbonyl (C=O) groups is 3. The summed E-state index contributed by atoms with van der Waals surface area (Å²) in [5, 5.41) is 19.9. The molecule has 0 radical (unpaired) electrons. The number of carboxylic acids is 1. The van der Waals surface area contributed by atoms with Crippen molar-refractivity contribution in [1.82, 2.24) is 15.1 Å². The molecule has 1 aromatic heterocycles. The van der Waals surface area contributed by atoms with Crippen LogP contribution in [0.4, 0.5) is 10.5 Å². The van der Waals surface area contributed by atoms with Crippen molar-refractivity contribution in [2.75, 3.05) is 19.4 Å².